The third-order valence-electron chi connectivity index (χ3n) is 6.41. The monoisotopic (exact) mass is 419 g/mol. The number of carbonyl (C=O) groups excluding carboxylic acids is 1. The second-order valence-electron chi connectivity index (χ2n) is 8.54. The second-order valence-corrected chi connectivity index (χ2v) is 8.54. The minimum atomic E-state index is -0.198. The zero-order chi connectivity index (χ0) is 21.8. The summed E-state index contributed by atoms with van der Waals surface area (Å²) in [5, 5.41) is 2.89. The van der Waals surface area contributed by atoms with E-state index < -0.39 is 0 Å². The zero-order valence-corrected chi connectivity index (χ0v) is 18.3. The highest BCUT2D eigenvalue weighted by molar-refractivity contribution is 5.91. The molecule has 1 fully saturated rings. The Morgan fingerprint density at radius 1 is 1.03 bits per heavy atom. The van der Waals surface area contributed by atoms with Gasteiger partial charge >= 0.3 is 0 Å². The van der Waals surface area contributed by atoms with Gasteiger partial charge in [-0.15, -0.1) is 0 Å². The van der Waals surface area contributed by atoms with Crippen molar-refractivity contribution in [1.82, 2.24) is 9.36 Å². The number of carbonyl (C=O) groups is 1. The molecule has 3 aromatic rings. The molecule has 1 aliphatic rings. The van der Waals surface area contributed by atoms with Crippen molar-refractivity contribution < 1.29 is 9.69 Å². The van der Waals surface area contributed by atoms with Gasteiger partial charge in [-0.3, -0.25) is 14.3 Å². The number of quaternary nitrogens is 1. The summed E-state index contributed by atoms with van der Waals surface area (Å²) in [5.41, 5.74) is 3.09. The maximum atomic E-state index is 13.0. The van der Waals surface area contributed by atoms with Crippen molar-refractivity contribution in [2.24, 2.45) is 13.0 Å². The van der Waals surface area contributed by atoms with E-state index in [9.17, 15) is 9.59 Å². The number of nitrogens with zero attached hydrogens (tertiary/aromatic N) is 2. The molecular formula is C25H31N4O2+. The summed E-state index contributed by atoms with van der Waals surface area (Å²) in [5.74, 6) is 0.589. The lowest BCUT2D eigenvalue weighted by molar-refractivity contribution is -0.898. The number of benzene rings is 2. The van der Waals surface area contributed by atoms with E-state index in [2.05, 4.69) is 35.6 Å². The first-order chi connectivity index (χ1) is 15.0. The van der Waals surface area contributed by atoms with Crippen molar-refractivity contribution in [3.05, 3.63) is 82.3 Å². The van der Waals surface area contributed by atoms with E-state index in [1.807, 2.05) is 44.3 Å². The van der Waals surface area contributed by atoms with Gasteiger partial charge in [-0.05, 0) is 49.8 Å². The van der Waals surface area contributed by atoms with Crippen LogP contribution in [0.2, 0.25) is 0 Å². The lowest BCUT2D eigenvalue weighted by atomic mass is 9.90. The Bertz CT molecular complexity index is 1080. The van der Waals surface area contributed by atoms with Gasteiger partial charge in [-0.2, -0.15) is 0 Å². The molecule has 6 nitrogen and oxygen atoms in total. The van der Waals surface area contributed by atoms with Crippen LogP contribution < -0.4 is 15.8 Å². The standard InChI is InChI=1S/C25H30N4O2/c1-19-24(25(31)29(27(19)2)22-11-7-4-8-12-22)26-23(30)18-28-15-13-21(14-16-28)17-20-9-5-3-6-10-20/h3-12,21H,13-18H2,1-2H3,(H,26,30)/p+1. The fourth-order valence-electron chi connectivity index (χ4n) is 4.54. The summed E-state index contributed by atoms with van der Waals surface area (Å²) in [6.45, 7) is 4.25. The molecule has 0 aliphatic carbocycles. The molecule has 162 valence electrons. The van der Waals surface area contributed by atoms with Crippen molar-refractivity contribution in [3.63, 3.8) is 0 Å². The third-order valence-corrected chi connectivity index (χ3v) is 6.41. The van der Waals surface area contributed by atoms with Crippen LogP contribution in [-0.4, -0.2) is 34.9 Å². The van der Waals surface area contributed by atoms with Gasteiger partial charge in [0.25, 0.3) is 11.5 Å². The Hall–Kier alpha value is -3.12. The Labute approximate surface area is 183 Å². The number of amides is 1. The van der Waals surface area contributed by atoms with Crippen LogP contribution in [0.5, 0.6) is 0 Å². The number of rotatable bonds is 6. The summed E-state index contributed by atoms with van der Waals surface area (Å²) < 4.78 is 3.38. The molecule has 2 N–H and O–H groups in total. The number of para-hydroxylation sites is 1. The van der Waals surface area contributed by atoms with E-state index in [1.165, 1.54) is 10.5 Å². The molecule has 31 heavy (non-hydrogen) atoms. The van der Waals surface area contributed by atoms with Gasteiger partial charge in [0, 0.05) is 7.05 Å². The second kappa shape index (κ2) is 9.35. The number of aromatic nitrogens is 2. The van der Waals surface area contributed by atoms with Gasteiger partial charge in [-0.25, -0.2) is 4.68 Å². The molecule has 2 aromatic carbocycles. The molecule has 1 amide bonds. The van der Waals surface area contributed by atoms with Gasteiger partial charge in [0.15, 0.2) is 6.54 Å². The maximum absolute atomic E-state index is 13.0. The van der Waals surface area contributed by atoms with E-state index in [-0.39, 0.29) is 11.5 Å². The first kappa shape index (κ1) is 21.1. The molecular weight excluding hydrogens is 388 g/mol. The third kappa shape index (κ3) is 4.80. The van der Waals surface area contributed by atoms with Gasteiger partial charge < -0.3 is 10.2 Å². The van der Waals surface area contributed by atoms with Crippen LogP contribution in [0.3, 0.4) is 0 Å². The van der Waals surface area contributed by atoms with Crippen LogP contribution in [-0.2, 0) is 18.3 Å². The summed E-state index contributed by atoms with van der Waals surface area (Å²) in [7, 11) is 1.84. The van der Waals surface area contributed by atoms with Crippen molar-refractivity contribution in [2.45, 2.75) is 26.2 Å². The molecule has 2 heterocycles. The van der Waals surface area contributed by atoms with Gasteiger partial charge in [0.05, 0.1) is 24.5 Å². The lowest BCUT2D eigenvalue weighted by Crippen LogP contribution is -3.14. The Balaban J connectivity index is 1.35. The number of nitrogens with one attached hydrogen (secondary N) is 2. The van der Waals surface area contributed by atoms with Crippen LogP contribution in [0.4, 0.5) is 5.69 Å². The summed E-state index contributed by atoms with van der Waals surface area (Å²) in [6.07, 6.45) is 3.37. The van der Waals surface area contributed by atoms with Gasteiger partial charge in [-0.1, -0.05) is 48.5 Å². The Kier molecular flexibility index (Phi) is 6.37. The van der Waals surface area contributed by atoms with Crippen molar-refractivity contribution >= 4 is 11.6 Å². The maximum Gasteiger partial charge on any atom is 0.295 e. The lowest BCUT2D eigenvalue weighted by Gasteiger charge is -2.28. The van der Waals surface area contributed by atoms with Crippen molar-refractivity contribution in [2.75, 3.05) is 25.0 Å². The van der Waals surface area contributed by atoms with Gasteiger partial charge in [0.1, 0.15) is 5.69 Å². The predicted molar refractivity (Wildman–Crippen MR) is 123 cm³/mol. The van der Waals surface area contributed by atoms with Gasteiger partial charge in [0.2, 0.25) is 0 Å². The molecule has 1 aromatic heterocycles. The summed E-state index contributed by atoms with van der Waals surface area (Å²) in [4.78, 5) is 27.0. The van der Waals surface area contributed by atoms with Crippen molar-refractivity contribution in [1.29, 1.82) is 0 Å². The summed E-state index contributed by atoms with van der Waals surface area (Å²) >= 11 is 0. The smallest absolute Gasteiger partial charge is 0.295 e. The van der Waals surface area contributed by atoms with E-state index in [0.29, 0.717) is 18.2 Å². The molecule has 0 unspecified atom stereocenters. The average Bonchev–Trinajstić information content (AvgIpc) is 2.99. The van der Waals surface area contributed by atoms with E-state index in [1.54, 1.807) is 9.36 Å². The van der Waals surface area contributed by atoms with Crippen LogP contribution in [0.1, 0.15) is 24.1 Å². The molecule has 0 radical (unpaired) electrons. The molecule has 1 saturated heterocycles. The number of anilines is 1. The first-order valence-electron chi connectivity index (χ1n) is 11.0. The average molecular weight is 420 g/mol. The number of piperidine rings is 1. The Morgan fingerprint density at radius 2 is 1.65 bits per heavy atom. The number of likely N-dealkylation sites (tertiary alicyclic amines) is 1. The molecule has 0 spiro atoms. The number of hydrogen-bond acceptors (Lipinski definition) is 2. The number of hydrogen-bond donors (Lipinski definition) is 2. The predicted octanol–water partition coefficient (Wildman–Crippen LogP) is 1.96. The highest BCUT2D eigenvalue weighted by Gasteiger charge is 2.25. The van der Waals surface area contributed by atoms with Crippen molar-refractivity contribution in [3.8, 4) is 5.69 Å². The fraction of sp³-hybridized carbons (Fsp3) is 0.360. The normalized spacial score (nSPS) is 18.6. The molecule has 0 bridgehead atoms. The fourth-order valence-corrected chi connectivity index (χ4v) is 4.54. The van der Waals surface area contributed by atoms with Crippen LogP contribution >= 0.6 is 0 Å². The van der Waals surface area contributed by atoms with E-state index >= 15 is 0 Å². The zero-order valence-electron chi connectivity index (χ0n) is 18.3. The van der Waals surface area contributed by atoms with Crippen LogP contribution in [0, 0.1) is 12.8 Å². The highest BCUT2D eigenvalue weighted by Crippen LogP contribution is 2.17. The molecule has 0 saturated carbocycles. The summed E-state index contributed by atoms with van der Waals surface area (Å²) in [6, 6.07) is 20.1. The first-order valence-corrected chi connectivity index (χ1v) is 11.0. The van der Waals surface area contributed by atoms with E-state index in [4.69, 9.17) is 0 Å². The molecule has 4 rings (SSSR count). The minimum Gasteiger partial charge on any atom is -0.327 e. The highest BCUT2D eigenvalue weighted by atomic mass is 16.2. The molecule has 6 heteroatoms. The van der Waals surface area contributed by atoms with E-state index in [0.717, 1.165) is 43.7 Å². The SMILES string of the molecule is Cc1c(NC(=O)C[NH+]2CCC(Cc3ccccc3)CC2)c(=O)n(-c2ccccc2)n1C. The quantitative estimate of drug-likeness (QED) is 0.642. The molecule has 1 aliphatic heterocycles. The van der Waals surface area contributed by atoms with Crippen LogP contribution in [0.25, 0.3) is 5.69 Å². The largest absolute Gasteiger partial charge is 0.327 e. The van der Waals surface area contributed by atoms with Crippen LogP contribution in [0.15, 0.2) is 65.5 Å². The topological polar surface area (TPSA) is 60.5 Å². The minimum absolute atomic E-state index is 0.0949. The Morgan fingerprint density at radius 3 is 2.29 bits per heavy atom. The molecule has 0 atom stereocenters.